The van der Waals surface area contributed by atoms with Crippen LogP contribution in [0, 0.1) is 0 Å². The van der Waals surface area contributed by atoms with E-state index in [-0.39, 0.29) is 0 Å². The number of ether oxygens (including phenoxy) is 1. The fraction of sp³-hybridized carbons (Fsp3) is 0.556. The van der Waals surface area contributed by atoms with Crippen LogP contribution in [0.3, 0.4) is 0 Å². The molecular formula is C9H9F3N2O5S. The van der Waals surface area contributed by atoms with Crippen LogP contribution in [0.25, 0.3) is 0 Å². The van der Waals surface area contributed by atoms with Gasteiger partial charge in [-0.25, -0.2) is 4.68 Å². The van der Waals surface area contributed by atoms with Crippen molar-refractivity contribution in [2.75, 3.05) is 6.61 Å². The first kappa shape index (κ1) is 14.8. The summed E-state index contributed by atoms with van der Waals surface area (Å²) in [5.74, 6) is -0.804. The molecule has 0 spiro atoms. The minimum absolute atomic E-state index is 0.444. The molecule has 0 saturated carbocycles. The second-order valence-electron chi connectivity index (χ2n) is 3.92. The number of halogens is 3. The predicted octanol–water partition coefficient (Wildman–Crippen LogP) is 0.781. The first-order valence-corrected chi connectivity index (χ1v) is 6.83. The summed E-state index contributed by atoms with van der Waals surface area (Å²) in [5, 5.41) is 3.55. The summed E-state index contributed by atoms with van der Waals surface area (Å²) in [6.07, 6.45) is 1.37. The van der Waals surface area contributed by atoms with Crippen LogP contribution in [0.4, 0.5) is 13.2 Å². The molecule has 1 aliphatic rings. The summed E-state index contributed by atoms with van der Waals surface area (Å²) in [7, 11) is -5.82. The van der Waals surface area contributed by atoms with E-state index in [0.29, 0.717) is 25.3 Å². The van der Waals surface area contributed by atoms with E-state index in [9.17, 15) is 26.4 Å². The Morgan fingerprint density at radius 3 is 2.65 bits per heavy atom. The van der Waals surface area contributed by atoms with E-state index in [1.54, 1.807) is 0 Å². The number of aromatic nitrogens is 2. The summed E-state index contributed by atoms with van der Waals surface area (Å²) in [4.78, 5) is 11.6. The average Bonchev–Trinajstić information content (AvgIpc) is 2.80. The van der Waals surface area contributed by atoms with Gasteiger partial charge in [0.1, 0.15) is 0 Å². The molecule has 20 heavy (non-hydrogen) atoms. The summed E-state index contributed by atoms with van der Waals surface area (Å²) in [6, 6.07) is 0.609. The smallest absolute Gasteiger partial charge is 0.374 e. The second-order valence-corrected chi connectivity index (χ2v) is 5.46. The number of nitrogens with zero attached hydrogens (tertiary/aromatic N) is 2. The van der Waals surface area contributed by atoms with E-state index >= 15 is 0 Å². The van der Waals surface area contributed by atoms with Crippen LogP contribution in [0.15, 0.2) is 17.1 Å². The Morgan fingerprint density at radius 1 is 1.45 bits per heavy atom. The predicted molar refractivity (Wildman–Crippen MR) is 58.3 cm³/mol. The maximum atomic E-state index is 12.1. The van der Waals surface area contributed by atoms with Crippen molar-refractivity contribution in [1.29, 1.82) is 0 Å². The van der Waals surface area contributed by atoms with Gasteiger partial charge in [-0.15, -0.1) is 0 Å². The molecule has 1 saturated heterocycles. The van der Waals surface area contributed by atoms with Crippen LogP contribution in [0.1, 0.15) is 19.1 Å². The lowest BCUT2D eigenvalue weighted by Gasteiger charge is -2.12. The van der Waals surface area contributed by atoms with E-state index in [2.05, 4.69) is 9.28 Å². The van der Waals surface area contributed by atoms with Gasteiger partial charge in [-0.3, -0.25) is 4.79 Å². The molecule has 0 amide bonds. The molecule has 2 rings (SSSR count). The quantitative estimate of drug-likeness (QED) is 0.605. The van der Waals surface area contributed by atoms with Gasteiger partial charge in [0.15, 0.2) is 12.0 Å². The Morgan fingerprint density at radius 2 is 2.15 bits per heavy atom. The largest absolute Gasteiger partial charge is 0.534 e. The van der Waals surface area contributed by atoms with Gasteiger partial charge in [0.25, 0.3) is 5.56 Å². The highest BCUT2D eigenvalue weighted by Gasteiger charge is 2.48. The van der Waals surface area contributed by atoms with Gasteiger partial charge < -0.3 is 8.92 Å². The lowest BCUT2D eigenvalue weighted by molar-refractivity contribution is -0.0500. The fourth-order valence-corrected chi connectivity index (χ4v) is 2.03. The Bertz CT molecular complexity index is 648. The Labute approximate surface area is 111 Å². The second kappa shape index (κ2) is 5.05. The SMILES string of the molecule is O=c1cc(OS(=O)(=O)C(F)(F)F)cnn1C1CCCO1. The molecule has 1 aliphatic heterocycles. The standard InChI is InChI=1S/C9H9F3N2O5S/c10-9(11,12)20(16,17)19-6-4-7(15)14(13-5-6)8-2-1-3-18-8/h4-5,8H,1-3H2. The molecule has 11 heteroatoms. The molecule has 2 heterocycles. The lowest BCUT2D eigenvalue weighted by Crippen LogP contribution is -2.30. The van der Waals surface area contributed by atoms with E-state index in [4.69, 9.17) is 4.74 Å². The number of alkyl halides is 3. The van der Waals surface area contributed by atoms with Gasteiger partial charge in [-0.2, -0.15) is 26.7 Å². The van der Waals surface area contributed by atoms with Crippen LogP contribution in [-0.4, -0.2) is 30.3 Å². The number of rotatable bonds is 3. The molecule has 1 aromatic rings. The van der Waals surface area contributed by atoms with E-state index < -0.39 is 33.2 Å². The Kier molecular flexibility index (Phi) is 3.73. The molecular weight excluding hydrogens is 305 g/mol. The van der Waals surface area contributed by atoms with Crippen molar-refractivity contribution in [2.45, 2.75) is 24.6 Å². The topological polar surface area (TPSA) is 87.5 Å². The van der Waals surface area contributed by atoms with Crippen LogP contribution in [0.2, 0.25) is 0 Å². The summed E-state index contributed by atoms with van der Waals surface area (Å²) in [5.41, 5.74) is -6.39. The molecule has 112 valence electrons. The normalized spacial score (nSPS) is 20.1. The zero-order chi connectivity index (χ0) is 15.0. The molecule has 7 nitrogen and oxygen atoms in total. The van der Waals surface area contributed by atoms with Gasteiger partial charge in [-0.1, -0.05) is 0 Å². The average molecular weight is 314 g/mol. The van der Waals surface area contributed by atoms with Gasteiger partial charge in [0.2, 0.25) is 0 Å². The first-order valence-electron chi connectivity index (χ1n) is 5.42. The minimum atomic E-state index is -5.82. The van der Waals surface area contributed by atoms with E-state index in [1.807, 2.05) is 0 Å². The molecule has 0 radical (unpaired) electrons. The molecule has 1 atom stereocenters. The van der Waals surface area contributed by atoms with Crippen molar-refractivity contribution in [3.8, 4) is 5.75 Å². The monoisotopic (exact) mass is 314 g/mol. The first-order chi connectivity index (χ1) is 9.21. The molecule has 1 unspecified atom stereocenters. The van der Waals surface area contributed by atoms with Crippen LogP contribution < -0.4 is 9.74 Å². The third-order valence-electron chi connectivity index (χ3n) is 2.47. The highest BCUT2D eigenvalue weighted by atomic mass is 32.2. The van der Waals surface area contributed by atoms with Gasteiger partial charge in [-0.05, 0) is 12.8 Å². The number of hydrogen-bond acceptors (Lipinski definition) is 6. The van der Waals surface area contributed by atoms with Crippen LogP contribution >= 0.6 is 0 Å². The third kappa shape index (κ3) is 2.93. The summed E-state index contributed by atoms with van der Waals surface area (Å²) >= 11 is 0. The van der Waals surface area contributed by atoms with Crippen LogP contribution in [-0.2, 0) is 14.9 Å². The van der Waals surface area contributed by atoms with E-state index in [1.165, 1.54) is 0 Å². The lowest BCUT2D eigenvalue weighted by atomic mass is 10.3. The molecule has 0 aromatic carbocycles. The number of hydrogen-bond donors (Lipinski definition) is 0. The molecule has 0 aliphatic carbocycles. The van der Waals surface area contributed by atoms with Crippen molar-refractivity contribution >= 4 is 10.1 Å². The third-order valence-corrected chi connectivity index (χ3v) is 3.45. The van der Waals surface area contributed by atoms with Crippen molar-refractivity contribution in [1.82, 2.24) is 9.78 Å². The maximum absolute atomic E-state index is 12.1. The zero-order valence-corrected chi connectivity index (χ0v) is 10.6. The van der Waals surface area contributed by atoms with Gasteiger partial charge in [0, 0.05) is 6.61 Å². The highest BCUT2D eigenvalue weighted by Crippen LogP contribution is 2.26. The molecule has 1 fully saturated rings. The zero-order valence-electron chi connectivity index (χ0n) is 9.83. The summed E-state index contributed by atoms with van der Waals surface area (Å²) in [6.45, 7) is 0.444. The van der Waals surface area contributed by atoms with Crippen LogP contribution in [0.5, 0.6) is 5.75 Å². The van der Waals surface area contributed by atoms with Gasteiger partial charge in [0.05, 0.1) is 12.3 Å². The fourth-order valence-electron chi connectivity index (χ4n) is 1.59. The van der Waals surface area contributed by atoms with Crippen molar-refractivity contribution in [2.24, 2.45) is 0 Å². The molecule has 0 N–H and O–H groups in total. The maximum Gasteiger partial charge on any atom is 0.534 e. The van der Waals surface area contributed by atoms with Crippen molar-refractivity contribution in [3.63, 3.8) is 0 Å². The Balaban J connectivity index is 2.24. The minimum Gasteiger partial charge on any atom is -0.374 e. The highest BCUT2D eigenvalue weighted by molar-refractivity contribution is 7.87. The van der Waals surface area contributed by atoms with Crippen molar-refractivity contribution in [3.05, 3.63) is 22.6 Å². The van der Waals surface area contributed by atoms with E-state index in [0.717, 1.165) is 11.1 Å². The van der Waals surface area contributed by atoms with Gasteiger partial charge >= 0.3 is 15.6 Å². The molecule has 0 bridgehead atoms. The van der Waals surface area contributed by atoms with Crippen molar-refractivity contribution < 1.29 is 30.5 Å². The summed E-state index contributed by atoms with van der Waals surface area (Å²) < 4.78 is 67.7. The molecule has 1 aromatic heterocycles. The Hall–Kier alpha value is -1.62.